The Balaban J connectivity index is 1.37. The fraction of sp³-hybridized carbons (Fsp3) is 0.576. The Labute approximate surface area is 252 Å². The van der Waals surface area contributed by atoms with Crippen LogP contribution in [0.3, 0.4) is 0 Å². The average molecular weight is 604 g/mol. The highest BCUT2D eigenvalue weighted by atomic mass is 19.4. The Morgan fingerprint density at radius 1 is 1.05 bits per heavy atom. The summed E-state index contributed by atoms with van der Waals surface area (Å²) in [6, 6.07) is 15.2. The number of hydrogen-bond donors (Lipinski definition) is 2. The second-order valence-corrected chi connectivity index (χ2v) is 11.9. The van der Waals surface area contributed by atoms with Crippen molar-refractivity contribution in [1.29, 1.82) is 0 Å². The van der Waals surface area contributed by atoms with E-state index in [1.807, 2.05) is 62.1 Å². The number of nitrogens with zero attached hydrogens (tertiary/aromatic N) is 1. The van der Waals surface area contributed by atoms with E-state index in [1.54, 1.807) is 12.1 Å². The Morgan fingerprint density at radius 2 is 1.77 bits per heavy atom. The Hall–Kier alpha value is -3.11. The van der Waals surface area contributed by atoms with Crippen LogP contribution in [0.4, 0.5) is 13.2 Å². The Kier molecular flexibility index (Phi) is 11.5. The number of benzene rings is 2. The van der Waals surface area contributed by atoms with Crippen LogP contribution in [0.15, 0.2) is 48.5 Å². The molecular weight excluding hydrogens is 559 g/mol. The van der Waals surface area contributed by atoms with Gasteiger partial charge in [-0.2, -0.15) is 0 Å². The first-order valence-corrected chi connectivity index (χ1v) is 15.4. The van der Waals surface area contributed by atoms with Crippen molar-refractivity contribution in [1.82, 2.24) is 15.5 Å². The number of amides is 2. The molecule has 0 aromatic heterocycles. The molecule has 2 fully saturated rings. The second-order valence-electron chi connectivity index (χ2n) is 11.9. The molecule has 3 atom stereocenters. The van der Waals surface area contributed by atoms with Crippen LogP contribution in [0.2, 0.25) is 0 Å². The second kappa shape index (κ2) is 15.1. The molecule has 1 aliphatic carbocycles. The summed E-state index contributed by atoms with van der Waals surface area (Å²) >= 11 is 0. The number of ether oxygens (including phenoxy) is 2. The number of aryl methyl sites for hydroxylation is 1. The van der Waals surface area contributed by atoms with Gasteiger partial charge in [0.15, 0.2) is 0 Å². The fourth-order valence-corrected chi connectivity index (χ4v) is 5.80. The molecule has 0 radical (unpaired) electrons. The van der Waals surface area contributed by atoms with Gasteiger partial charge in [-0.3, -0.25) is 14.3 Å². The van der Waals surface area contributed by atoms with Gasteiger partial charge in [0.05, 0.1) is 19.1 Å². The SMILES string of the molecule is CCc1ccc(C(=O)N(C[C@@H]2CNC[C@H]2CNC(=O)C(c2ccccc2)C2CC2)C(C)C)cc1OCCCOC(F)(F)F. The first-order chi connectivity index (χ1) is 20.6. The quantitative estimate of drug-likeness (QED) is 0.261. The molecule has 2 aromatic carbocycles. The van der Waals surface area contributed by atoms with E-state index >= 15 is 0 Å². The summed E-state index contributed by atoms with van der Waals surface area (Å²) in [6.45, 7) is 8.08. The van der Waals surface area contributed by atoms with E-state index in [4.69, 9.17) is 4.74 Å². The van der Waals surface area contributed by atoms with Crippen molar-refractivity contribution in [3.63, 3.8) is 0 Å². The molecule has 1 unspecified atom stereocenters. The number of carbonyl (C=O) groups excluding carboxylic acids is 2. The highest BCUT2D eigenvalue weighted by molar-refractivity contribution is 5.95. The minimum atomic E-state index is -4.66. The third kappa shape index (κ3) is 9.44. The molecular formula is C33H44F3N3O4. The van der Waals surface area contributed by atoms with E-state index in [2.05, 4.69) is 15.4 Å². The Bertz CT molecular complexity index is 1200. The van der Waals surface area contributed by atoms with Gasteiger partial charge in [0.2, 0.25) is 5.91 Å². The summed E-state index contributed by atoms with van der Waals surface area (Å²) in [5.74, 6) is 1.07. The van der Waals surface area contributed by atoms with Crippen LogP contribution in [0.5, 0.6) is 5.75 Å². The van der Waals surface area contributed by atoms with Crippen molar-refractivity contribution in [3.8, 4) is 5.75 Å². The van der Waals surface area contributed by atoms with E-state index in [9.17, 15) is 22.8 Å². The first-order valence-electron chi connectivity index (χ1n) is 15.4. The molecule has 1 aliphatic heterocycles. The molecule has 10 heteroatoms. The van der Waals surface area contributed by atoms with E-state index in [-0.39, 0.29) is 48.6 Å². The van der Waals surface area contributed by atoms with E-state index in [1.165, 1.54) is 0 Å². The summed E-state index contributed by atoms with van der Waals surface area (Å²) in [5.41, 5.74) is 2.41. The van der Waals surface area contributed by atoms with Crippen molar-refractivity contribution >= 4 is 11.8 Å². The van der Waals surface area contributed by atoms with Crippen LogP contribution in [0.25, 0.3) is 0 Å². The number of alkyl halides is 3. The summed E-state index contributed by atoms with van der Waals surface area (Å²) in [5, 5.41) is 6.67. The maximum absolute atomic E-state index is 13.7. The molecule has 43 heavy (non-hydrogen) atoms. The third-order valence-corrected chi connectivity index (χ3v) is 8.38. The van der Waals surface area contributed by atoms with Crippen molar-refractivity contribution < 1.29 is 32.2 Å². The van der Waals surface area contributed by atoms with Gasteiger partial charge in [-0.1, -0.05) is 43.3 Å². The highest BCUT2D eigenvalue weighted by Crippen LogP contribution is 2.42. The van der Waals surface area contributed by atoms with Crippen LogP contribution in [0, 0.1) is 17.8 Å². The molecule has 2 N–H and O–H groups in total. The minimum Gasteiger partial charge on any atom is -0.493 e. The first kappa shape index (κ1) is 32.8. The van der Waals surface area contributed by atoms with Crippen LogP contribution < -0.4 is 15.4 Å². The molecule has 2 aliphatic rings. The zero-order valence-corrected chi connectivity index (χ0v) is 25.3. The number of nitrogens with one attached hydrogen (secondary N) is 2. The van der Waals surface area contributed by atoms with Gasteiger partial charge in [0, 0.05) is 44.2 Å². The molecule has 4 rings (SSSR count). The smallest absolute Gasteiger partial charge is 0.493 e. The van der Waals surface area contributed by atoms with Crippen molar-refractivity contribution in [2.75, 3.05) is 39.4 Å². The van der Waals surface area contributed by atoms with Gasteiger partial charge in [0.25, 0.3) is 5.91 Å². The molecule has 7 nitrogen and oxygen atoms in total. The summed E-state index contributed by atoms with van der Waals surface area (Å²) in [6.07, 6.45) is -1.79. The monoisotopic (exact) mass is 603 g/mol. The normalized spacial score (nSPS) is 19.3. The molecule has 1 saturated carbocycles. The van der Waals surface area contributed by atoms with Crippen LogP contribution >= 0.6 is 0 Å². The summed E-state index contributed by atoms with van der Waals surface area (Å²) in [4.78, 5) is 28.9. The molecule has 1 heterocycles. The van der Waals surface area contributed by atoms with Crippen molar-refractivity contribution in [2.45, 2.75) is 64.8 Å². The van der Waals surface area contributed by atoms with Crippen LogP contribution in [-0.4, -0.2) is 68.5 Å². The maximum Gasteiger partial charge on any atom is 0.522 e. The standard InChI is InChI=1S/C33H44F3N3O4/c1-4-23-11-14-26(17-29(23)42-15-8-16-43-33(34,35)36)32(41)39(22(2)3)21-28-19-37-18-27(28)20-38-31(40)30(25-12-13-25)24-9-6-5-7-10-24/h5-7,9-11,14,17,22,25,27-28,30,37H,4,8,12-13,15-16,18-21H2,1-3H3,(H,38,40)/t27-,28-,30?/m0/s1. The zero-order valence-electron chi connectivity index (χ0n) is 25.3. The molecule has 1 saturated heterocycles. The van der Waals surface area contributed by atoms with Gasteiger partial charge in [0.1, 0.15) is 5.75 Å². The lowest BCUT2D eigenvalue weighted by Gasteiger charge is -2.32. The average Bonchev–Trinajstić information content (AvgIpc) is 3.71. The lowest BCUT2D eigenvalue weighted by atomic mass is 9.91. The highest BCUT2D eigenvalue weighted by Gasteiger charge is 2.38. The van der Waals surface area contributed by atoms with Gasteiger partial charge in [-0.25, -0.2) is 0 Å². The summed E-state index contributed by atoms with van der Waals surface area (Å²) < 4.78 is 46.4. The fourth-order valence-electron chi connectivity index (χ4n) is 5.80. The number of halogens is 3. The minimum absolute atomic E-state index is 0.0433. The number of hydrogen-bond acceptors (Lipinski definition) is 5. The zero-order chi connectivity index (χ0) is 31.0. The Morgan fingerprint density at radius 3 is 2.42 bits per heavy atom. The van der Waals surface area contributed by atoms with E-state index in [0.717, 1.165) is 37.1 Å². The van der Waals surface area contributed by atoms with Gasteiger partial charge in [-0.15, -0.1) is 13.2 Å². The molecule has 0 spiro atoms. The summed E-state index contributed by atoms with van der Waals surface area (Å²) in [7, 11) is 0. The molecule has 236 valence electrons. The number of carbonyl (C=O) groups is 2. The topological polar surface area (TPSA) is 79.9 Å². The lowest BCUT2D eigenvalue weighted by molar-refractivity contribution is -0.324. The largest absolute Gasteiger partial charge is 0.522 e. The number of rotatable bonds is 15. The molecule has 0 bridgehead atoms. The van der Waals surface area contributed by atoms with Gasteiger partial charge in [-0.05, 0) is 74.1 Å². The maximum atomic E-state index is 13.7. The third-order valence-electron chi connectivity index (χ3n) is 8.38. The molecule has 2 aromatic rings. The van der Waals surface area contributed by atoms with Gasteiger partial charge < -0.3 is 20.3 Å². The van der Waals surface area contributed by atoms with E-state index < -0.39 is 13.0 Å². The van der Waals surface area contributed by atoms with Crippen LogP contribution in [-0.2, 0) is 16.0 Å². The van der Waals surface area contributed by atoms with E-state index in [0.29, 0.717) is 36.7 Å². The predicted molar refractivity (Wildman–Crippen MR) is 159 cm³/mol. The van der Waals surface area contributed by atoms with Crippen molar-refractivity contribution in [2.24, 2.45) is 17.8 Å². The van der Waals surface area contributed by atoms with Crippen LogP contribution in [0.1, 0.15) is 67.4 Å². The molecule has 2 amide bonds. The van der Waals surface area contributed by atoms with Gasteiger partial charge >= 0.3 is 6.36 Å². The van der Waals surface area contributed by atoms with Crippen molar-refractivity contribution in [3.05, 3.63) is 65.2 Å². The predicted octanol–water partition coefficient (Wildman–Crippen LogP) is 5.55. The lowest BCUT2D eigenvalue weighted by Crippen LogP contribution is -2.44.